The van der Waals surface area contributed by atoms with Crippen LogP contribution in [0.4, 0.5) is 5.69 Å². The number of fused-ring (bicyclic) bond motifs is 1. The van der Waals surface area contributed by atoms with Crippen molar-refractivity contribution in [1.82, 2.24) is 4.98 Å². The summed E-state index contributed by atoms with van der Waals surface area (Å²) in [4.78, 5) is 4.62. The first-order valence-corrected chi connectivity index (χ1v) is 8.41. The molecule has 3 rings (SSSR count). The van der Waals surface area contributed by atoms with Crippen LogP contribution >= 0.6 is 0 Å². The maximum Gasteiger partial charge on any atom is 0.119 e. The molecule has 1 aromatic heterocycles. The topological polar surface area (TPSA) is 34.1 Å². The Bertz CT molecular complexity index is 815. The zero-order valence-corrected chi connectivity index (χ0v) is 14.5. The monoisotopic (exact) mass is 320 g/mol. The molecule has 0 radical (unpaired) electrons. The number of aromatic nitrogens is 1. The molecule has 3 nitrogen and oxygen atoms in total. The van der Waals surface area contributed by atoms with Crippen LogP contribution in [0.1, 0.15) is 24.6 Å². The molecule has 2 aromatic carbocycles. The van der Waals surface area contributed by atoms with Crippen LogP contribution in [-0.4, -0.2) is 18.1 Å². The minimum atomic E-state index is 0.376. The Hall–Kier alpha value is -2.55. The molecule has 3 aromatic rings. The number of nitrogens with zero attached hydrogens (tertiary/aromatic N) is 1. The maximum atomic E-state index is 5.36. The van der Waals surface area contributed by atoms with Gasteiger partial charge in [-0.25, -0.2) is 0 Å². The minimum absolute atomic E-state index is 0.376. The number of aryl methyl sites for hydroxylation is 2. The molecule has 0 amide bonds. The summed E-state index contributed by atoms with van der Waals surface area (Å²) in [6, 6.07) is 19.1. The van der Waals surface area contributed by atoms with Gasteiger partial charge in [-0.15, -0.1) is 0 Å². The van der Waals surface area contributed by atoms with Gasteiger partial charge in [-0.2, -0.15) is 0 Å². The SMILES string of the molecule is COc1ccc2nc(C)cc(N[C@@H](C)CCc3ccccc3)c2c1. The Balaban J connectivity index is 1.78. The largest absolute Gasteiger partial charge is 0.497 e. The molecule has 3 heteroatoms. The van der Waals surface area contributed by atoms with Gasteiger partial charge in [0.05, 0.1) is 12.6 Å². The Morgan fingerprint density at radius 3 is 2.62 bits per heavy atom. The van der Waals surface area contributed by atoms with Crippen molar-refractivity contribution in [2.45, 2.75) is 32.7 Å². The molecule has 0 unspecified atom stereocenters. The number of rotatable bonds is 6. The van der Waals surface area contributed by atoms with E-state index in [2.05, 4.69) is 53.6 Å². The highest BCUT2D eigenvalue weighted by Crippen LogP contribution is 2.28. The molecule has 0 spiro atoms. The maximum absolute atomic E-state index is 5.36. The molecule has 0 aliphatic heterocycles. The third-order valence-electron chi connectivity index (χ3n) is 4.25. The normalized spacial score (nSPS) is 12.1. The van der Waals surface area contributed by atoms with E-state index in [1.165, 1.54) is 5.56 Å². The van der Waals surface area contributed by atoms with Crippen molar-refractivity contribution in [3.63, 3.8) is 0 Å². The van der Waals surface area contributed by atoms with Crippen LogP contribution in [0.25, 0.3) is 10.9 Å². The number of hydrogen-bond donors (Lipinski definition) is 1. The van der Waals surface area contributed by atoms with E-state index in [0.29, 0.717) is 6.04 Å². The first-order valence-electron chi connectivity index (χ1n) is 8.41. The van der Waals surface area contributed by atoms with Gasteiger partial charge in [-0.1, -0.05) is 30.3 Å². The van der Waals surface area contributed by atoms with Crippen molar-refractivity contribution >= 4 is 16.6 Å². The first kappa shape index (κ1) is 16.3. The van der Waals surface area contributed by atoms with Gasteiger partial charge in [-0.3, -0.25) is 4.98 Å². The predicted molar refractivity (Wildman–Crippen MR) is 101 cm³/mol. The molecular weight excluding hydrogens is 296 g/mol. The van der Waals surface area contributed by atoms with Crippen molar-refractivity contribution in [1.29, 1.82) is 0 Å². The van der Waals surface area contributed by atoms with E-state index in [0.717, 1.165) is 40.9 Å². The molecule has 0 aliphatic carbocycles. The van der Waals surface area contributed by atoms with Crippen molar-refractivity contribution < 1.29 is 4.74 Å². The Morgan fingerprint density at radius 2 is 1.88 bits per heavy atom. The average Bonchev–Trinajstić information content (AvgIpc) is 2.60. The van der Waals surface area contributed by atoms with Crippen LogP contribution in [0.3, 0.4) is 0 Å². The van der Waals surface area contributed by atoms with Crippen LogP contribution < -0.4 is 10.1 Å². The molecule has 124 valence electrons. The summed E-state index contributed by atoms with van der Waals surface area (Å²) in [7, 11) is 1.69. The summed E-state index contributed by atoms with van der Waals surface area (Å²) in [6.07, 6.45) is 2.15. The Morgan fingerprint density at radius 1 is 1.08 bits per heavy atom. The van der Waals surface area contributed by atoms with Crippen molar-refractivity contribution in [3.05, 3.63) is 65.9 Å². The van der Waals surface area contributed by atoms with E-state index in [1.807, 2.05) is 25.1 Å². The summed E-state index contributed by atoms with van der Waals surface area (Å²) in [5.41, 5.74) is 4.51. The average molecular weight is 320 g/mol. The molecular formula is C21H24N2O. The second-order valence-corrected chi connectivity index (χ2v) is 6.26. The van der Waals surface area contributed by atoms with Gasteiger partial charge < -0.3 is 10.1 Å². The van der Waals surface area contributed by atoms with E-state index in [1.54, 1.807) is 7.11 Å². The second kappa shape index (κ2) is 7.35. The van der Waals surface area contributed by atoms with Gasteiger partial charge in [0.15, 0.2) is 0 Å². The molecule has 1 atom stereocenters. The van der Waals surface area contributed by atoms with Crippen molar-refractivity contribution in [2.24, 2.45) is 0 Å². The van der Waals surface area contributed by atoms with Gasteiger partial charge in [0, 0.05) is 22.8 Å². The number of nitrogens with one attached hydrogen (secondary N) is 1. The predicted octanol–water partition coefficient (Wildman–Crippen LogP) is 4.99. The van der Waals surface area contributed by atoms with Crippen molar-refractivity contribution in [3.8, 4) is 5.75 Å². The second-order valence-electron chi connectivity index (χ2n) is 6.26. The van der Waals surface area contributed by atoms with Crippen molar-refractivity contribution in [2.75, 3.05) is 12.4 Å². The highest BCUT2D eigenvalue weighted by molar-refractivity contribution is 5.92. The van der Waals surface area contributed by atoms with E-state index >= 15 is 0 Å². The van der Waals surface area contributed by atoms with Crippen LogP contribution in [0.15, 0.2) is 54.6 Å². The third kappa shape index (κ3) is 3.85. The Labute approximate surface area is 143 Å². The number of ether oxygens (including phenoxy) is 1. The lowest BCUT2D eigenvalue weighted by Crippen LogP contribution is -2.16. The summed E-state index contributed by atoms with van der Waals surface area (Å²) < 4.78 is 5.36. The van der Waals surface area contributed by atoms with E-state index in [9.17, 15) is 0 Å². The standard InChI is InChI=1S/C21H24N2O/c1-15(9-10-17-7-5-4-6-8-17)22-21-13-16(2)23-20-12-11-18(24-3)14-19(20)21/h4-8,11-15H,9-10H2,1-3H3,(H,22,23)/t15-/m0/s1. The minimum Gasteiger partial charge on any atom is -0.497 e. The fraction of sp³-hybridized carbons (Fsp3) is 0.286. The number of hydrogen-bond acceptors (Lipinski definition) is 3. The number of benzene rings is 2. The molecule has 0 saturated carbocycles. The van der Waals surface area contributed by atoms with Gasteiger partial charge >= 0.3 is 0 Å². The van der Waals surface area contributed by atoms with Gasteiger partial charge in [0.2, 0.25) is 0 Å². The van der Waals surface area contributed by atoms with Gasteiger partial charge in [-0.05, 0) is 56.5 Å². The van der Waals surface area contributed by atoms with Gasteiger partial charge in [0.25, 0.3) is 0 Å². The lowest BCUT2D eigenvalue weighted by Gasteiger charge is -2.18. The van der Waals surface area contributed by atoms with E-state index < -0.39 is 0 Å². The number of pyridine rings is 1. The number of methoxy groups -OCH3 is 1. The lowest BCUT2D eigenvalue weighted by molar-refractivity contribution is 0.415. The van der Waals surface area contributed by atoms with E-state index in [-0.39, 0.29) is 0 Å². The van der Waals surface area contributed by atoms with Crippen LogP contribution in [0, 0.1) is 6.92 Å². The molecule has 0 saturated heterocycles. The fourth-order valence-electron chi connectivity index (χ4n) is 2.95. The highest BCUT2D eigenvalue weighted by atomic mass is 16.5. The van der Waals surface area contributed by atoms with Crippen LogP contribution in [0.5, 0.6) is 5.75 Å². The number of anilines is 1. The highest BCUT2D eigenvalue weighted by Gasteiger charge is 2.09. The third-order valence-corrected chi connectivity index (χ3v) is 4.25. The molecule has 0 fully saturated rings. The van der Waals surface area contributed by atoms with Crippen LogP contribution in [-0.2, 0) is 6.42 Å². The molecule has 24 heavy (non-hydrogen) atoms. The fourth-order valence-corrected chi connectivity index (χ4v) is 2.95. The summed E-state index contributed by atoms with van der Waals surface area (Å²) in [6.45, 7) is 4.26. The summed E-state index contributed by atoms with van der Waals surface area (Å²) >= 11 is 0. The van der Waals surface area contributed by atoms with Gasteiger partial charge in [0.1, 0.15) is 5.75 Å². The molecule has 0 bridgehead atoms. The first-order chi connectivity index (χ1) is 11.7. The zero-order chi connectivity index (χ0) is 16.9. The summed E-state index contributed by atoms with van der Waals surface area (Å²) in [5, 5.41) is 4.75. The van der Waals surface area contributed by atoms with Crippen LogP contribution in [0.2, 0.25) is 0 Å². The summed E-state index contributed by atoms with van der Waals surface area (Å²) in [5.74, 6) is 0.855. The molecule has 1 N–H and O–H groups in total. The van der Waals surface area contributed by atoms with E-state index in [4.69, 9.17) is 4.74 Å². The lowest BCUT2D eigenvalue weighted by atomic mass is 10.1. The smallest absolute Gasteiger partial charge is 0.119 e. The quantitative estimate of drug-likeness (QED) is 0.695. The zero-order valence-electron chi connectivity index (χ0n) is 14.5. The molecule has 0 aliphatic rings. The Kier molecular flexibility index (Phi) is 4.99. The molecule has 1 heterocycles.